The van der Waals surface area contributed by atoms with Gasteiger partial charge in [0.25, 0.3) is 0 Å². The molecule has 17 heavy (non-hydrogen) atoms. The number of rotatable bonds is 5. The van der Waals surface area contributed by atoms with Crippen LogP contribution >= 0.6 is 0 Å². The first-order chi connectivity index (χ1) is 8.35. The summed E-state index contributed by atoms with van der Waals surface area (Å²) in [4.78, 5) is 8.07. The summed E-state index contributed by atoms with van der Waals surface area (Å²) in [6.45, 7) is 1.93. The number of aromatic nitrogens is 2. The van der Waals surface area contributed by atoms with E-state index in [2.05, 4.69) is 15.3 Å². The van der Waals surface area contributed by atoms with Gasteiger partial charge < -0.3 is 10.4 Å². The van der Waals surface area contributed by atoms with Crippen molar-refractivity contribution in [3.05, 3.63) is 24.3 Å². The Morgan fingerprint density at radius 3 is 2.76 bits per heavy atom. The molecule has 1 aromatic rings. The molecule has 0 saturated heterocycles. The van der Waals surface area contributed by atoms with Crippen molar-refractivity contribution in [1.82, 2.24) is 15.3 Å². The lowest BCUT2D eigenvalue weighted by Crippen LogP contribution is -2.38. The topological polar surface area (TPSA) is 58.0 Å². The molecule has 0 amide bonds. The summed E-state index contributed by atoms with van der Waals surface area (Å²) in [5.41, 5.74) is 1.11. The van der Waals surface area contributed by atoms with Crippen molar-refractivity contribution >= 4 is 0 Å². The van der Waals surface area contributed by atoms with Crippen molar-refractivity contribution < 1.29 is 5.11 Å². The van der Waals surface area contributed by atoms with Crippen molar-refractivity contribution in [3.63, 3.8) is 0 Å². The maximum Gasteiger partial charge on any atom is 0.115 e. The monoisotopic (exact) mass is 235 g/mol. The highest BCUT2D eigenvalue weighted by Gasteiger charge is 2.30. The van der Waals surface area contributed by atoms with E-state index < -0.39 is 0 Å². The molecule has 1 aliphatic carbocycles. The van der Waals surface area contributed by atoms with Crippen molar-refractivity contribution in [3.8, 4) is 0 Å². The molecule has 0 unspecified atom stereocenters. The van der Waals surface area contributed by atoms with Gasteiger partial charge in [-0.05, 0) is 18.9 Å². The number of hydrogen-bond acceptors (Lipinski definition) is 4. The summed E-state index contributed by atoms with van der Waals surface area (Å²) >= 11 is 0. The fourth-order valence-corrected chi connectivity index (χ4v) is 2.57. The van der Waals surface area contributed by atoms with Gasteiger partial charge in [0.15, 0.2) is 0 Å². The van der Waals surface area contributed by atoms with Gasteiger partial charge in [0.05, 0.1) is 5.69 Å². The van der Waals surface area contributed by atoms with E-state index in [1.807, 2.05) is 6.07 Å². The predicted octanol–water partition coefficient (Wildman–Crippen LogP) is 1.51. The third-order valence-electron chi connectivity index (χ3n) is 3.70. The lowest BCUT2D eigenvalue weighted by molar-refractivity contribution is 0.0810. The molecular formula is C13H21N3O. The second kappa shape index (κ2) is 6.07. The highest BCUT2D eigenvalue weighted by molar-refractivity contribution is 4.97. The molecule has 1 aromatic heterocycles. The van der Waals surface area contributed by atoms with Gasteiger partial charge >= 0.3 is 0 Å². The van der Waals surface area contributed by atoms with Crippen LogP contribution in [0, 0.1) is 5.41 Å². The second-order valence-electron chi connectivity index (χ2n) is 5.02. The van der Waals surface area contributed by atoms with E-state index in [0.717, 1.165) is 31.6 Å². The summed E-state index contributed by atoms with van der Waals surface area (Å²) in [5, 5.41) is 13.0. The van der Waals surface area contributed by atoms with E-state index in [0.29, 0.717) is 6.61 Å². The maximum atomic E-state index is 9.57. The Kier molecular flexibility index (Phi) is 4.45. The Bertz CT molecular complexity index is 323. The molecule has 1 heterocycles. The van der Waals surface area contributed by atoms with Crippen LogP contribution in [0.5, 0.6) is 0 Å². The standard InChI is InChI=1S/C13H21N3O/c17-10-13(5-2-1-3-6-13)9-15-8-12-4-7-14-11-16-12/h4,7,11,15,17H,1-3,5-6,8-10H2. The van der Waals surface area contributed by atoms with Crippen LogP contribution in [0.4, 0.5) is 0 Å². The Morgan fingerprint density at radius 2 is 2.12 bits per heavy atom. The normalized spacial score (nSPS) is 19.1. The lowest BCUT2D eigenvalue weighted by Gasteiger charge is -2.35. The van der Waals surface area contributed by atoms with Crippen molar-refractivity contribution in [1.29, 1.82) is 0 Å². The van der Waals surface area contributed by atoms with Crippen LogP contribution in [0.1, 0.15) is 37.8 Å². The molecule has 0 bridgehead atoms. The molecule has 1 fully saturated rings. The zero-order chi connectivity index (χ0) is 12.0. The lowest BCUT2D eigenvalue weighted by atomic mass is 9.74. The van der Waals surface area contributed by atoms with Gasteiger partial charge in [-0.15, -0.1) is 0 Å². The molecular weight excluding hydrogens is 214 g/mol. The van der Waals surface area contributed by atoms with Crippen LogP contribution in [-0.4, -0.2) is 28.2 Å². The highest BCUT2D eigenvalue weighted by Crippen LogP contribution is 2.35. The highest BCUT2D eigenvalue weighted by atomic mass is 16.3. The molecule has 1 saturated carbocycles. The average molecular weight is 235 g/mol. The molecule has 2 N–H and O–H groups in total. The molecule has 1 aliphatic rings. The van der Waals surface area contributed by atoms with E-state index in [1.165, 1.54) is 19.3 Å². The fraction of sp³-hybridized carbons (Fsp3) is 0.692. The van der Waals surface area contributed by atoms with Gasteiger partial charge in [-0.2, -0.15) is 0 Å². The second-order valence-corrected chi connectivity index (χ2v) is 5.02. The zero-order valence-corrected chi connectivity index (χ0v) is 10.2. The van der Waals surface area contributed by atoms with Gasteiger partial charge in [-0.25, -0.2) is 9.97 Å². The van der Waals surface area contributed by atoms with E-state index >= 15 is 0 Å². The van der Waals surface area contributed by atoms with Gasteiger partial charge in [0, 0.05) is 31.3 Å². The third-order valence-corrected chi connectivity index (χ3v) is 3.70. The molecule has 0 radical (unpaired) electrons. The molecule has 0 aromatic carbocycles. The van der Waals surface area contributed by atoms with Crippen LogP contribution in [0.25, 0.3) is 0 Å². The van der Waals surface area contributed by atoms with Crippen molar-refractivity contribution in [2.45, 2.75) is 38.6 Å². The van der Waals surface area contributed by atoms with E-state index in [9.17, 15) is 5.11 Å². The molecule has 0 spiro atoms. The Hall–Kier alpha value is -1.00. The Balaban J connectivity index is 1.80. The molecule has 4 heteroatoms. The van der Waals surface area contributed by atoms with Crippen LogP contribution in [0.2, 0.25) is 0 Å². The first-order valence-electron chi connectivity index (χ1n) is 6.41. The first kappa shape index (κ1) is 12.5. The van der Waals surface area contributed by atoms with Crippen LogP contribution in [-0.2, 0) is 6.54 Å². The number of nitrogens with zero attached hydrogens (tertiary/aromatic N) is 2. The third kappa shape index (κ3) is 3.48. The average Bonchev–Trinajstić information content (AvgIpc) is 2.41. The number of hydrogen-bond donors (Lipinski definition) is 2. The molecule has 4 nitrogen and oxygen atoms in total. The van der Waals surface area contributed by atoms with Crippen molar-refractivity contribution in [2.75, 3.05) is 13.2 Å². The van der Waals surface area contributed by atoms with E-state index in [1.54, 1.807) is 12.5 Å². The minimum Gasteiger partial charge on any atom is -0.396 e. The quantitative estimate of drug-likeness (QED) is 0.812. The predicted molar refractivity (Wildman–Crippen MR) is 66.3 cm³/mol. The van der Waals surface area contributed by atoms with Gasteiger partial charge in [-0.1, -0.05) is 19.3 Å². The molecule has 0 aliphatic heterocycles. The van der Waals surface area contributed by atoms with Crippen LogP contribution < -0.4 is 5.32 Å². The van der Waals surface area contributed by atoms with Crippen LogP contribution in [0.3, 0.4) is 0 Å². The summed E-state index contributed by atoms with van der Waals surface area (Å²) in [6.07, 6.45) is 9.41. The summed E-state index contributed by atoms with van der Waals surface area (Å²) in [6, 6.07) is 1.92. The van der Waals surface area contributed by atoms with Crippen molar-refractivity contribution in [2.24, 2.45) is 5.41 Å². The minimum atomic E-state index is 0.102. The summed E-state index contributed by atoms with van der Waals surface area (Å²) < 4.78 is 0. The van der Waals surface area contributed by atoms with E-state index in [4.69, 9.17) is 0 Å². The largest absolute Gasteiger partial charge is 0.396 e. The summed E-state index contributed by atoms with van der Waals surface area (Å²) in [7, 11) is 0. The van der Waals surface area contributed by atoms with Gasteiger partial charge in [0.1, 0.15) is 6.33 Å². The Morgan fingerprint density at radius 1 is 1.29 bits per heavy atom. The molecule has 2 rings (SSSR count). The first-order valence-corrected chi connectivity index (χ1v) is 6.41. The minimum absolute atomic E-state index is 0.102. The smallest absolute Gasteiger partial charge is 0.115 e. The number of aliphatic hydroxyl groups excluding tert-OH is 1. The molecule has 0 atom stereocenters. The van der Waals surface area contributed by atoms with Gasteiger partial charge in [-0.3, -0.25) is 0 Å². The number of aliphatic hydroxyl groups is 1. The summed E-state index contributed by atoms with van der Waals surface area (Å²) in [5.74, 6) is 0. The maximum absolute atomic E-state index is 9.57. The zero-order valence-electron chi connectivity index (χ0n) is 10.2. The van der Waals surface area contributed by atoms with Crippen LogP contribution in [0.15, 0.2) is 18.6 Å². The number of nitrogens with one attached hydrogen (secondary N) is 1. The SMILES string of the molecule is OCC1(CNCc2ccncn2)CCCCC1. The Labute approximate surface area is 102 Å². The molecule has 94 valence electrons. The fourth-order valence-electron chi connectivity index (χ4n) is 2.57. The van der Waals surface area contributed by atoms with E-state index in [-0.39, 0.29) is 5.41 Å². The van der Waals surface area contributed by atoms with Gasteiger partial charge in [0.2, 0.25) is 0 Å².